The molecular formula is C71H48N2O2. The maximum atomic E-state index is 6.74. The van der Waals surface area contributed by atoms with Crippen molar-refractivity contribution in [1.82, 2.24) is 0 Å². The summed E-state index contributed by atoms with van der Waals surface area (Å²) in [4.78, 5) is 4.73. The summed E-state index contributed by atoms with van der Waals surface area (Å²) in [6.07, 6.45) is 0. The molecule has 0 amide bonds. The average molecular weight is 961 g/mol. The van der Waals surface area contributed by atoms with Crippen LogP contribution >= 0.6 is 0 Å². The van der Waals surface area contributed by atoms with Gasteiger partial charge < -0.3 is 18.6 Å². The summed E-state index contributed by atoms with van der Waals surface area (Å²) in [6, 6.07) is 92.0. The zero-order valence-corrected chi connectivity index (χ0v) is 41.5. The van der Waals surface area contributed by atoms with E-state index in [1.165, 1.54) is 54.9 Å². The summed E-state index contributed by atoms with van der Waals surface area (Å²) in [6.45, 7) is 4.79. The highest BCUT2D eigenvalue weighted by Gasteiger charge is 2.37. The number of anilines is 6. The molecule has 1 aliphatic rings. The van der Waals surface area contributed by atoms with Crippen molar-refractivity contribution in [1.29, 1.82) is 0 Å². The van der Waals surface area contributed by atoms with E-state index < -0.39 is 0 Å². The molecule has 0 saturated heterocycles. The number of rotatable bonds is 8. The van der Waals surface area contributed by atoms with E-state index in [1.54, 1.807) is 0 Å². The van der Waals surface area contributed by atoms with E-state index in [0.717, 1.165) is 89.1 Å². The van der Waals surface area contributed by atoms with Crippen molar-refractivity contribution in [3.8, 4) is 33.4 Å². The SMILES string of the molecule is CC1(C)c2cc3cc(N(c4cccc(-c5ccccc5)c4)c4cccc5c4oc4ccccc45)ccc3cc2-c2ccc3cc(N(c4cccc(-c5ccccc5)c4)c4cccc5c4oc4ccccc45)ccc3c21. The van der Waals surface area contributed by atoms with Crippen LogP contribution in [0, 0.1) is 0 Å². The first-order valence-corrected chi connectivity index (χ1v) is 25.8. The molecule has 2 aromatic heterocycles. The Hall–Kier alpha value is -9.64. The first-order valence-electron chi connectivity index (χ1n) is 25.8. The molecule has 0 saturated carbocycles. The first kappa shape index (κ1) is 43.0. The summed E-state index contributed by atoms with van der Waals surface area (Å²) in [5.74, 6) is 0. The second-order valence-electron chi connectivity index (χ2n) is 20.5. The molecule has 0 atom stereocenters. The maximum absolute atomic E-state index is 6.74. The molecule has 4 nitrogen and oxygen atoms in total. The smallest absolute Gasteiger partial charge is 0.159 e. The van der Waals surface area contributed by atoms with Crippen LogP contribution in [-0.4, -0.2) is 0 Å². The largest absolute Gasteiger partial charge is 0.454 e. The number of fused-ring (bicyclic) bond motifs is 12. The highest BCUT2D eigenvalue weighted by Crippen LogP contribution is 2.54. The molecule has 0 spiro atoms. The number of hydrogen-bond donors (Lipinski definition) is 0. The van der Waals surface area contributed by atoms with E-state index in [9.17, 15) is 0 Å². The third-order valence-electron chi connectivity index (χ3n) is 15.7. The van der Waals surface area contributed by atoms with E-state index in [0.29, 0.717) is 0 Å². The third-order valence-corrected chi connectivity index (χ3v) is 15.7. The molecule has 75 heavy (non-hydrogen) atoms. The van der Waals surface area contributed by atoms with E-state index >= 15 is 0 Å². The fourth-order valence-corrected chi connectivity index (χ4v) is 12.2. The molecule has 0 radical (unpaired) electrons. The van der Waals surface area contributed by atoms with Gasteiger partial charge in [0.15, 0.2) is 11.2 Å². The molecule has 0 unspecified atom stereocenters. The Morgan fingerprint density at radius 1 is 0.307 bits per heavy atom. The number of benzene rings is 12. The fraction of sp³-hybridized carbons (Fsp3) is 0.0423. The molecule has 12 aromatic carbocycles. The molecule has 0 aliphatic heterocycles. The lowest BCUT2D eigenvalue weighted by molar-refractivity contribution is 0.667. The maximum Gasteiger partial charge on any atom is 0.159 e. The van der Waals surface area contributed by atoms with Gasteiger partial charge in [0.25, 0.3) is 0 Å². The van der Waals surface area contributed by atoms with E-state index in [-0.39, 0.29) is 5.41 Å². The monoisotopic (exact) mass is 960 g/mol. The van der Waals surface area contributed by atoms with E-state index in [4.69, 9.17) is 8.83 Å². The lowest BCUT2D eigenvalue weighted by Gasteiger charge is -2.28. The second-order valence-corrected chi connectivity index (χ2v) is 20.5. The van der Waals surface area contributed by atoms with Gasteiger partial charge in [0.2, 0.25) is 0 Å². The quantitative estimate of drug-likeness (QED) is 0.152. The molecule has 2 heterocycles. The van der Waals surface area contributed by atoms with Crippen LogP contribution in [0.2, 0.25) is 0 Å². The van der Waals surface area contributed by atoms with Gasteiger partial charge in [0, 0.05) is 49.7 Å². The summed E-state index contributed by atoms with van der Waals surface area (Å²) in [5, 5.41) is 9.24. The van der Waals surface area contributed by atoms with Crippen molar-refractivity contribution in [3.05, 3.63) is 266 Å². The molecule has 4 heteroatoms. The van der Waals surface area contributed by atoms with Crippen molar-refractivity contribution in [2.45, 2.75) is 19.3 Å². The zero-order valence-electron chi connectivity index (χ0n) is 41.5. The number of hydrogen-bond acceptors (Lipinski definition) is 4. The van der Waals surface area contributed by atoms with Crippen LogP contribution in [0.4, 0.5) is 34.1 Å². The predicted octanol–water partition coefficient (Wildman–Crippen LogP) is 20.4. The summed E-state index contributed by atoms with van der Waals surface area (Å²) in [5.41, 5.74) is 19.3. The van der Waals surface area contributed by atoms with Gasteiger partial charge in [-0.25, -0.2) is 0 Å². The van der Waals surface area contributed by atoms with Crippen LogP contribution in [-0.2, 0) is 5.41 Å². The van der Waals surface area contributed by atoms with Crippen LogP contribution in [0.3, 0.4) is 0 Å². The minimum Gasteiger partial charge on any atom is -0.454 e. The summed E-state index contributed by atoms with van der Waals surface area (Å²) >= 11 is 0. The van der Waals surface area contributed by atoms with Crippen molar-refractivity contribution < 1.29 is 8.83 Å². The van der Waals surface area contributed by atoms with Crippen molar-refractivity contribution in [2.24, 2.45) is 0 Å². The van der Waals surface area contributed by atoms with Gasteiger partial charge in [0.05, 0.1) is 11.4 Å². The Kier molecular flexibility index (Phi) is 9.58. The van der Waals surface area contributed by atoms with Crippen LogP contribution < -0.4 is 9.80 Å². The molecule has 0 fully saturated rings. The van der Waals surface area contributed by atoms with Gasteiger partial charge in [-0.15, -0.1) is 0 Å². The van der Waals surface area contributed by atoms with Gasteiger partial charge in [-0.1, -0.05) is 184 Å². The van der Waals surface area contributed by atoms with Gasteiger partial charge in [-0.3, -0.25) is 0 Å². The van der Waals surface area contributed by atoms with Crippen LogP contribution in [0.25, 0.3) is 98.8 Å². The number of para-hydroxylation sites is 4. The number of nitrogens with zero attached hydrogens (tertiary/aromatic N) is 2. The summed E-state index contributed by atoms with van der Waals surface area (Å²) in [7, 11) is 0. The van der Waals surface area contributed by atoms with Gasteiger partial charge in [-0.2, -0.15) is 0 Å². The standard InChI is InChI=1S/C71H48N2O2/c1-71(2)63-44-51-42-54(72(52-23-13-21-47(39-52)45-17-5-3-6-18-45)64-29-15-27-60-57-25-9-11-31-66(57)74-69(60)64)35-33-49(51)43-62(63)59-37-34-50-41-55(36-38-56(50)68(59)71)73(53-24-14-22-48(40-53)46-19-7-4-8-20-46)65-30-16-28-61-58-26-10-12-32-67(58)75-70(61)65/h3-44H,1-2H3. The molecule has 0 bridgehead atoms. The minimum atomic E-state index is -0.289. The lowest BCUT2D eigenvalue weighted by atomic mass is 9.79. The van der Waals surface area contributed by atoms with Gasteiger partial charge >= 0.3 is 0 Å². The molecule has 354 valence electrons. The molecule has 15 rings (SSSR count). The fourth-order valence-electron chi connectivity index (χ4n) is 12.2. The molecular weight excluding hydrogens is 913 g/mol. The van der Waals surface area contributed by atoms with Crippen LogP contribution in [0.1, 0.15) is 25.0 Å². The Morgan fingerprint density at radius 3 is 1.36 bits per heavy atom. The van der Waals surface area contributed by atoms with Crippen molar-refractivity contribution >= 4 is 99.5 Å². The van der Waals surface area contributed by atoms with Gasteiger partial charge in [-0.05, 0) is 151 Å². The Labute approximate surface area is 434 Å². The first-order chi connectivity index (χ1) is 36.9. The third kappa shape index (κ3) is 6.83. The zero-order chi connectivity index (χ0) is 49.8. The predicted molar refractivity (Wildman–Crippen MR) is 314 cm³/mol. The Balaban J connectivity index is 0.861. The minimum absolute atomic E-state index is 0.289. The van der Waals surface area contributed by atoms with Gasteiger partial charge in [0.1, 0.15) is 11.2 Å². The van der Waals surface area contributed by atoms with Crippen LogP contribution in [0.15, 0.2) is 264 Å². The average Bonchev–Trinajstić information content (AvgIpc) is 4.21. The molecule has 1 aliphatic carbocycles. The topological polar surface area (TPSA) is 32.8 Å². The Bertz CT molecular complexity index is 4580. The number of furan rings is 2. The highest BCUT2D eigenvalue weighted by atomic mass is 16.3. The normalized spacial score (nSPS) is 12.8. The summed E-state index contributed by atoms with van der Waals surface area (Å²) < 4.78 is 13.5. The van der Waals surface area contributed by atoms with E-state index in [1.807, 2.05) is 12.1 Å². The highest BCUT2D eigenvalue weighted by molar-refractivity contribution is 6.12. The second kappa shape index (κ2) is 16.7. The Morgan fingerprint density at radius 2 is 0.773 bits per heavy atom. The lowest BCUT2D eigenvalue weighted by Crippen LogP contribution is -2.16. The molecule has 0 N–H and O–H groups in total. The van der Waals surface area contributed by atoms with Crippen molar-refractivity contribution in [2.75, 3.05) is 9.80 Å². The van der Waals surface area contributed by atoms with Crippen LogP contribution in [0.5, 0.6) is 0 Å². The molecule has 14 aromatic rings. The van der Waals surface area contributed by atoms with Crippen molar-refractivity contribution in [3.63, 3.8) is 0 Å². The van der Waals surface area contributed by atoms with E-state index in [2.05, 4.69) is 266 Å².